The van der Waals surface area contributed by atoms with Crippen molar-refractivity contribution in [1.29, 1.82) is 4.78 Å². The predicted octanol–water partition coefficient (Wildman–Crippen LogP) is 4.61. The molecule has 11 nitrogen and oxygen atoms in total. The molecule has 0 radical (unpaired) electrons. The van der Waals surface area contributed by atoms with Gasteiger partial charge in [0.15, 0.2) is 21.0 Å². The number of fused-ring (bicyclic) bond motifs is 1. The van der Waals surface area contributed by atoms with Crippen LogP contribution in [0.5, 0.6) is 0 Å². The lowest BCUT2D eigenvalue weighted by Crippen LogP contribution is -2.34. The van der Waals surface area contributed by atoms with Gasteiger partial charge >= 0.3 is 0 Å². The minimum atomic E-state index is -4.04. The van der Waals surface area contributed by atoms with Crippen LogP contribution < -0.4 is 4.72 Å². The van der Waals surface area contributed by atoms with Crippen molar-refractivity contribution in [2.45, 2.75) is 48.4 Å². The fraction of sp³-hybridized carbons (Fsp3) is 0.417. The van der Waals surface area contributed by atoms with Gasteiger partial charge in [-0.3, -0.25) is 9.38 Å². The molecule has 5 rings (SSSR count). The first-order valence-corrected chi connectivity index (χ1v) is 16.8. The van der Waals surface area contributed by atoms with E-state index in [1.54, 1.807) is 19.9 Å². The average Bonchev–Trinajstić information content (AvgIpc) is 3.26. The molecule has 4 aromatic heterocycles. The first kappa shape index (κ1) is 29.8. The van der Waals surface area contributed by atoms with Crippen LogP contribution in [0.4, 0.5) is 8.78 Å². The number of aromatic nitrogens is 5. The van der Waals surface area contributed by atoms with Crippen LogP contribution in [0.1, 0.15) is 36.8 Å². The second kappa shape index (κ2) is 10.6. The number of hydrogen-bond donors (Lipinski definition) is 2. The molecule has 0 bridgehead atoms. The Bertz CT molecular complexity index is 1870. The smallest absolute Gasteiger partial charge is 0.291 e. The van der Waals surface area contributed by atoms with Gasteiger partial charge in [0.2, 0.25) is 10.0 Å². The van der Waals surface area contributed by atoms with Crippen LogP contribution >= 0.6 is 22.9 Å². The molecule has 0 aliphatic heterocycles. The van der Waals surface area contributed by atoms with E-state index < -0.39 is 36.7 Å². The summed E-state index contributed by atoms with van der Waals surface area (Å²) in [5, 5.41) is 6.83. The summed E-state index contributed by atoms with van der Waals surface area (Å²) < 4.78 is 79.1. The molecule has 4 heterocycles. The van der Waals surface area contributed by atoms with Crippen molar-refractivity contribution in [2.75, 3.05) is 26.4 Å². The number of imidazole rings is 1. The number of nitrogens with one attached hydrogen (secondary N) is 2. The molecule has 2 N–H and O–H groups in total. The third-order valence-corrected chi connectivity index (χ3v) is 11.2. The number of nitrogens with zero attached hydrogens (tertiary/aromatic N) is 6. The Labute approximate surface area is 245 Å². The maximum absolute atomic E-state index is 13.5. The highest BCUT2D eigenvalue weighted by atomic mass is 35.5. The normalized spacial score (nSPS) is 16.5. The van der Waals surface area contributed by atoms with Gasteiger partial charge in [0.1, 0.15) is 0 Å². The Morgan fingerprint density at radius 2 is 1.93 bits per heavy atom. The van der Waals surface area contributed by atoms with Crippen molar-refractivity contribution in [3.05, 3.63) is 40.3 Å². The fourth-order valence-corrected chi connectivity index (χ4v) is 8.05. The highest BCUT2D eigenvalue weighted by Gasteiger charge is 2.41. The van der Waals surface area contributed by atoms with Gasteiger partial charge in [-0.25, -0.2) is 35.9 Å². The Kier molecular flexibility index (Phi) is 7.70. The lowest BCUT2D eigenvalue weighted by molar-refractivity contribution is 0.150. The Hall–Kier alpha value is -2.63. The molecule has 1 fully saturated rings. The zero-order valence-electron chi connectivity index (χ0n) is 22.5. The van der Waals surface area contributed by atoms with Crippen molar-refractivity contribution < 1.29 is 21.4 Å². The van der Waals surface area contributed by atoms with Gasteiger partial charge in [-0.15, -0.1) is 10.2 Å². The Morgan fingerprint density at radius 1 is 1.22 bits per heavy atom. The van der Waals surface area contributed by atoms with Crippen LogP contribution in [-0.2, 0) is 19.8 Å². The van der Waals surface area contributed by atoms with Crippen molar-refractivity contribution in [3.8, 4) is 22.1 Å². The number of pyridine rings is 2. The third-order valence-electron chi connectivity index (χ3n) is 6.69. The number of sulfonamides is 1. The molecule has 17 heteroatoms. The van der Waals surface area contributed by atoms with E-state index in [2.05, 4.69) is 24.9 Å². The van der Waals surface area contributed by atoms with Gasteiger partial charge in [-0.05, 0) is 58.5 Å². The largest absolute Gasteiger partial charge is 0.308 e. The van der Waals surface area contributed by atoms with E-state index in [1.165, 1.54) is 22.9 Å². The lowest BCUT2D eigenvalue weighted by Gasteiger charge is -2.16. The van der Waals surface area contributed by atoms with E-state index in [0.717, 1.165) is 0 Å². The van der Waals surface area contributed by atoms with Gasteiger partial charge in [0.25, 0.3) is 6.43 Å². The molecule has 1 atom stereocenters. The second-order valence-electron chi connectivity index (χ2n) is 10.5. The maximum atomic E-state index is 13.5. The lowest BCUT2D eigenvalue weighted by atomic mass is 10.1. The van der Waals surface area contributed by atoms with Gasteiger partial charge in [0.05, 0.1) is 30.7 Å². The van der Waals surface area contributed by atoms with Gasteiger partial charge in [-0.2, -0.15) is 0 Å². The van der Waals surface area contributed by atoms with Gasteiger partial charge < -0.3 is 4.90 Å². The highest BCUT2D eigenvalue weighted by molar-refractivity contribution is 7.92. The quantitative estimate of drug-likeness (QED) is 0.254. The first-order valence-electron chi connectivity index (χ1n) is 12.4. The van der Waals surface area contributed by atoms with Crippen LogP contribution in [0, 0.1) is 11.7 Å². The molecule has 4 aromatic rings. The molecule has 1 aliphatic carbocycles. The van der Waals surface area contributed by atoms with E-state index in [4.69, 9.17) is 16.4 Å². The summed E-state index contributed by atoms with van der Waals surface area (Å²) in [6.07, 6.45) is 1.19. The molecule has 41 heavy (non-hydrogen) atoms. The van der Waals surface area contributed by atoms with E-state index in [-0.39, 0.29) is 37.0 Å². The van der Waals surface area contributed by atoms with E-state index >= 15 is 0 Å². The molecule has 1 aliphatic rings. The first-order chi connectivity index (χ1) is 19.1. The molecule has 220 valence electrons. The molecule has 1 unspecified atom stereocenters. The van der Waals surface area contributed by atoms with E-state index in [0.29, 0.717) is 47.5 Å². The van der Waals surface area contributed by atoms with Crippen molar-refractivity contribution in [3.63, 3.8) is 0 Å². The zero-order chi connectivity index (χ0) is 29.9. The minimum absolute atomic E-state index is 0.0275. The summed E-state index contributed by atoms with van der Waals surface area (Å²) in [4.78, 5) is 10.8. The van der Waals surface area contributed by atoms with Crippen LogP contribution in [0.3, 0.4) is 0 Å². The second-order valence-corrected chi connectivity index (χ2v) is 15.7. The average molecular weight is 645 g/mol. The van der Waals surface area contributed by atoms with Gasteiger partial charge in [-0.1, -0.05) is 22.9 Å². The fourth-order valence-electron chi connectivity index (χ4n) is 4.15. The standard InChI is InChI=1S/C24H27ClF2N8O3S3/c1-13-9-14(40(28,36)8-7-34(3)4)11-29-17(13)16-10-15(41(37,38)33-24(2)5-6-24)12-35-18(16)19(25)30-21(35)23-32-31-22(39-23)20(26)27/h9-12,20,28,33H,5-8H2,1-4H3. The molecule has 0 saturated heterocycles. The highest BCUT2D eigenvalue weighted by Crippen LogP contribution is 2.39. The molecule has 1 saturated carbocycles. The van der Waals surface area contributed by atoms with E-state index in [1.807, 2.05) is 19.0 Å². The molecule has 0 aromatic carbocycles. The number of rotatable bonds is 10. The SMILES string of the molecule is Cc1cc(S(=N)(=O)CCN(C)C)cnc1-c1cc(S(=O)(=O)NC2(C)CC2)cn2c(-c3nnc(C(F)F)s3)nc(Cl)c12. The van der Waals surface area contributed by atoms with Crippen LogP contribution in [0.15, 0.2) is 34.3 Å². The van der Waals surface area contributed by atoms with E-state index in [9.17, 15) is 21.4 Å². The monoisotopic (exact) mass is 644 g/mol. The summed E-state index contributed by atoms with van der Waals surface area (Å²) in [6, 6.07) is 3.02. The number of halogens is 3. The summed E-state index contributed by atoms with van der Waals surface area (Å²) in [7, 11) is -3.52. The van der Waals surface area contributed by atoms with Crippen molar-refractivity contribution in [2.24, 2.45) is 0 Å². The maximum Gasteiger partial charge on any atom is 0.291 e. The van der Waals surface area contributed by atoms with Crippen molar-refractivity contribution >= 4 is 48.2 Å². The molecule has 0 amide bonds. The Balaban J connectivity index is 1.71. The molecule has 0 spiro atoms. The van der Waals surface area contributed by atoms with Crippen LogP contribution in [0.2, 0.25) is 5.15 Å². The number of hydrogen-bond acceptors (Lipinski definition) is 10. The predicted molar refractivity (Wildman–Crippen MR) is 153 cm³/mol. The minimum Gasteiger partial charge on any atom is -0.308 e. The third kappa shape index (κ3) is 5.99. The molecular weight excluding hydrogens is 618 g/mol. The summed E-state index contributed by atoms with van der Waals surface area (Å²) >= 11 is 7.19. The summed E-state index contributed by atoms with van der Waals surface area (Å²) in [5.74, 6) is 0.154. The van der Waals surface area contributed by atoms with Crippen molar-refractivity contribution in [1.82, 2.24) is 34.2 Å². The number of alkyl halides is 2. The zero-order valence-corrected chi connectivity index (χ0v) is 25.7. The topological polar surface area (TPSA) is 146 Å². The van der Waals surface area contributed by atoms with Gasteiger partial charge in [0, 0.05) is 35.8 Å². The van der Waals surface area contributed by atoms with Crippen LogP contribution in [-0.4, -0.2) is 74.0 Å². The summed E-state index contributed by atoms with van der Waals surface area (Å²) in [5.41, 5.74) is 0.862. The van der Waals surface area contributed by atoms with Crippen LogP contribution in [0.25, 0.3) is 27.6 Å². The summed E-state index contributed by atoms with van der Waals surface area (Å²) in [6.45, 7) is 3.96. The molecular formula is C24H27ClF2N8O3S3. The Morgan fingerprint density at radius 3 is 2.51 bits per heavy atom. The number of aryl methyl sites for hydroxylation is 1.